The van der Waals surface area contributed by atoms with Crippen molar-refractivity contribution in [3.8, 4) is 11.5 Å². The first-order valence-electron chi connectivity index (χ1n) is 5.39. The monoisotopic (exact) mass is 394 g/mol. The molecule has 7 heteroatoms. The van der Waals surface area contributed by atoms with Gasteiger partial charge in [-0.3, -0.25) is 4.79 Å². The Labute approximate surface area is 138 Å². The molecule has 1 aromatic heterocycles. The van der Waals surface area contributed by atoms with Crippen LogP contribution in [0, 0.1) is 0 Å². The molecule has 0 aliphatic rings. The van der Waals surface area contributed by atoms with Crippen molar-refractivity contribution < 1.29 is 14.3 Å². The molecule has 0 saturated carbocycles. The molecule has 0 N–H and O–H groups in total. The Kier molecular flexibility index (Phi) is 4.96. The fourth-order valence-corrected chi connectivity index (χ4v) is 3.84. The molecule has 106 valence electrons. The van der Waals surface area contributed by atoms with Gasteiger partial charge in [0.2, 0.25) is 0 Å². The van der Waals surface area contributed by atoms with Gasteiger partial charge >= 0.3 is 0 Å². The van der Waals surface area contributed by atoms with E-state index < -0.39 is 0 Å². The van der Waals surface area contributed by atoms with E-state index in [1.54, 1.807) is 18.2 Å². The number of thiophene rings is 1. The third kappa shape index (κ3) is 2.81. The summed E-state index contributed by atoms with van der Waals surface area (Å²) < 4.78 is 11.9. The predicted molar refractivity (Wildman–Crippen MR) is 85.0 cm³/mol. The molecule has 2 rings (SSSR count). The highest BCUT2D eigenvalue weighted by molar-refractivity contribution is 9.10. The lowest BCUT2D eigenvalue weighted by Gasteiger charge is -2.12. The number of rotatable bonds is 4. The number of carbonyl (C=O) groups excluding carboxylic acids is 1. The highest BCUT2D eigenvalue weighted by Gasteiger charge is 2.22. The normalized spacial score (nSPS) is 10.4. The van der Waals surface area contributed by atoms with E-state index in [2.05, 4.69) is 15.9 Å². The first-order valence-corrected chi connectivity index (χ1v) is 7.76. The third-order valence-electron chi connectivity index (χ3n) is 2.63. The van der Waals surface area contributed by atoms with Crippen molar-refractivity contribution in [2.45, 2.75) is 0 Å². The minimum Gasteiger partial charge on any atom is -0.495 e. The summed E-state index contributed by atoms with van der Waals surface area (Å²) in [6.07, 6.45) is 0. The molecule has 1 heterocycles. The van der Waals surface area contributed by atoms with E-state index in [4.69, 9.17) is 32.7 Å². The lowest BCUT2D eigenvalue weighted by atomic mass is 10.0. The smallest absolute Gasteiger partial charge is 0.199 e. The lowest BCUT2D eigenvalue weighted by molar-refractivity contribution is 0.103. The van der Waals surface area contributed by atoms with Crippen LogP contribution < -0.4 is 9.47 Å². The molecular weight excluding hydrogens is 387 g/mol. The Morgan fingerprint density at radius 3 is 2.40 bits per heavy atom. The molecular formula is C13H9BrCl2O3S. The number of ketones is 1. The highest BCUT2D eigenvalue weighted by Crippen LogP contribution is 2.40. The van der Waals surface area contributed by atoms with Gasteiger partial charge in [-0.25, -0.2) is 0 Å². The fourth-order valence-electron chi connectivity index (χ4n) is 1.71. The van der Waals surface area contributed by atoms with Crippen molar-refractivity contribution in [3.05, 3.63) is 42.5 Å². The van der Waals surface area contributed by atoms with Gasteiger partial charge in [0, 0.05) is 0 Å². The Bertz CT molecular complexity index is 670. The minimum atomic E-state index is -0.252. The van der Waals surface area contributed by atoms with Crippen LogP contribution in [-0.2, 0) is 0 Å². The molecule has 0 aliphatic carbocycles. The molecule has 0 fully saturated rings. The van der Waals surface area contributed by atoms with Crippen LogP contribution in [0.1, 0.15) is 15.9 Å². The fraction of sp³-hybridized carbons (Fsp3) is 0.154. The zero-order chi connectivity index (χ0) is 14.9. The molecule has 0 spiro atoms. The number of ether oxygens (including phenoxy) is 2. The lowest BCUT2D eigenvalue weighted by Crippen LogP contribution is -2.04. The summed E-state index contributed by atoms with van der Waals surface area (Å²) >= 11 is 16.4. The van der Waals surface area contributed by atoms with Gasteiger partial charge in [0.1, 0.15) is 20.3 Å². The second kappa shape index (κ2) is 6.35. The molecule has 0 bridgehead atoms. The summed E-state index contributed by atoms with van der Waals surface area (Å²) in [5.41, 5.74) is 0.744. The average molecular weight is 396 g/mol. The Balaban J connectivity index is 2.55. The van der Waals surface area contributed by atoms with Gasteiger partial charge in [-0.1, -0.05) is 23.2 Å². The van der Waals surface area contributed by atoms with Crippen molar-refractivity contribution >= 4 is 56.3 Å². The molecule has 1 aromatic carbocycles. The van der Waals surface area contributed by atoms with Crippen LogP contribution in [-0.4, -0.2) is 20.0 Å². The quantitative estimate of drug-likeness (QED) is 0.678. The van der Waals surface area contributed by atoms with E-state index in [9.17, 15) is 4.79 Å². The van der Waals surface area contributed by atoms with Crippen LogP contribution in [0.4, 0.5) is 0 Å². The van der Waals surface area contributed by atoms with E-state index in [1.165, 1.54) is 14.2 Å². The molecule has 3 nitrogen and oxygen atoms in total. The highest BCUT2D eigenvalue weighted by atomic mass is 79.9. The molecule has 20 heavy (non-hydrogen) atoms. The number of carbonyl (C=O) groups is 1. The minimum absolute atomic E-state index is 0.252. The maximum atomic E-state index is 12.5. The summed E-state index contributed by atoms with van der Waals surface area (Å²) in [4.78, 5) is 12.5. The van der Waals surface area contributed by atoms with Crippen molar-refractivity contribution in [1.82, 2.24) is 0 Å². The van der Waals surface area contributed by atoms with Crippen molar-refractivity contribution in [2.24, 2.45) is 0 Å². The Hall–Kier alpha value is -0.750. The van der Waals surface area contributed by atoms with Gasteiger partial charge in [-0.2, -0.15) is 0 Å². The maximum Gasteiger partial charge on any atom is 0.199 e. The SMILES string of the molecule is COc1ccc(C(=O)c2cc(Cl)sc2Cl)c(OC)c1Br. The van der Waals surface area contributed by atoms with E-state index in [0.29, 0.717) is 35.8 Å². The van der Waals surface area contributed by atoms with Gasteiger partial charge in [-0.05, 0) is 34.1 Å². The second-order valence-corrected chi connectivity index (χ2v) is 6.81. The number of benzene rings is 1. The molecule has 2 aromatic rings. The molecule has 0 saturated heterocycles. The zero-order valence-corrected chi connectivity index (χ0v) is 14.4. The summed E-state index contributed by atoms with van der Waals surface area (Å²) in [6, 6.07) is 4.86. The maximum absolute atomic E-state index is 12.5. The number of halogens is 3. The summed E-state index contributed by atoms with van der Waals surface area (Å²) in [6.45, 7) is 0. The Morgan fingerprint density at radius 2 is 1.90 bits per heavy atom. The van der Waals surface area contributed by atoms with E-state index in [1.807, 2.05) is 0 Å². The largest absolute Gasteiger partial charge is 0.495 e. The topological polar surface area (TPSA) is 35.5 Å². The van der Waals surface area contributed by atoms with Gasteiger partial charge in [-0.15, -0.1) is 11.3 Å². The second-order valence-electron chi connectivity index (χ2n) is 3.73. The average Bonchev–Trinajstić information content (AvgIpc) is 2.76. The predicted octanol–water partition coefficient (Wildman–Crippen LogP) is 5.07. The van der Waals surface area contributed by atoms with Crippen LogP contribution in [0.3, 0.4) is 0 Å². The van der Waals surface area contributed by atoms with Crippen LogP contribution >= 0.6 is 50.5 Å². The van der Waals surface area contributed by atoms with Gasteiger partial charge < -0.3 is 9.47 Å². The third-order valence-corrected chi connectivity index (χ3v) is 4.87. The summed E-state index contributed by atoms with van der Waals surface area (Å²) in [5.74, 6) is 0.721. The van der Waals surface area contributed by atoms with Crippen molar-refractivity contribution in [2.75, 3.05) is 14.2 Å². The first-order chi connectivity index (χ1) is 9.49. The zero-order valence-electron chi connectivity index (χ0n) is 10.5. The standard InChI is InChI=1S/C13H9BrCl2O3S/c1-18-8-4-3-6(12(19-2)10(8)14)11(17)7-5-9(15)20-13(7)16/h3-5H,1-2H3. The van der Waals surface area contributed by atoms with Crippen LogP contribution in [0.2, 0.25) is 8.67 Å². The van der Waals surface area contributed by atoms with E-state index in [0.717, 1.165) is 11.3 Å². The van der Waals surface area contributed by atoms with Crippen LogP contribution in [0.25, 0.3) is 0 Å². The van der Waals surface area contributed by atoms with Crippen LogP contribution in [0.5, 0.6) is 11.5 Å². The first kappa shape index (κ1) is 15.6. The van der Waals surface area contributed by atoms with Crippen molar-refractivity contribution in [1.29, 1.82) is 0 Å². The molecule has 0 atom stereocenters. The number of hydrogen-bond acceptors (Lipinski definition) is 4. The summed E-state index contributed by atoms with van der Waals surface area (Å²) in [7, 11) is 3.02. The van der Waals surface area contributed by atoms with E-state index in [-0.39, 0.29) is 5.78 Å². The Morgan fingerprint density at radius 1 is 1.20 bits per heavy atom. The van der Waals surface area contributed by atoms with Crippen LogP contribution in [0.15, 0.2) is 22.7 Å². The molecule has 0 radical (unpaired) electrons. The van der Waals surface area contributed by atoms with E-state index >= 15 is 0 Å². The molecule has 0 aliphatic heterocycles. The van der Waals surface area contributed by atoms with Crippen molar-refractivity contribution in [3.63, 3.8) is 0 Å². The van der Waals surface area contributed by atoms with Gasteiger partial charge in [0.05, 0.1) is 29.7 Å². The summed E-state index contributed by atoms with van der Waals surface area (Å²) in [5, 5.41) is 0. The number of methoxy groups -OCH3 is 2. The molecule has 0 amide bonds. The van der Waals surface area contributed by atoms with Gasteiger partial charge in [0.25, 0.3) is 0 Å². The number of hydrogen-bond donors (Lipinski definition) is 0. The molecule has 0 unspecified atom stereocenters. The van der Waals surface area contributed by atoms with Gasteiger partial charge in [0.15, 0.2) is 5.78 Å².